The Morgan fingerprint density at radius 1 is 1.03 bits per heavy atom. The molecule has 0 saturated heterocycles. The van der Waals surface area contributed by atoms with Gasteiger partial charge in [-0.15, -0.1) is 5.10 Å². The maximum absolute atomic E-state index is 9.16. The van der Waals surface area contributed by atoms with E-state index in [9.17, 15) is 0 Å². The topological polar surface area (TPSA) is 138 Å². The number of ether oxygens (including phenoxy) is 2. The average Bonchev–Trinajstić information content (AvgIpc) is 3.31. The molecule has 0 fully saturated rings. The molecule has 3 aromatic heterocycles. The summed E-state index contributed by atoms with van der Waals surface area (Å²) in [6.45, 7) is 0.830. The van der Waals surface area contributed by atoms with Crippen LogP contribution in [0.4, 0.5) is 5.95 Å². The molecule has 1 unspecified atom stereocenters. The van der Waals surface area contributed by atoms with Crippen molar-refractivity contribution in [2.75, 3.05) is 26.6 Å². The molecule has 0 aliphatic carbocycles. The molecule has 3 heterocycles. The molecule has 0 amide bonds. The lowest BCUT2D eigenvalue weighted by Gasteiger charge is -2.14. The van der Waals surface area contributed by atoms with Crippen molar-refractivity contribution in [3.63, 3.8) is 0 Å². The Hall–Kier alpha value is -4.20. The first-order valence-corrected chi connectivity index (χ1v) is 10.1. The molecular formula is C23H22N8O2. The summed E-state index contributed by atoms with van der Waals surface area (Å²) in [4.78, 5) is 13.3. The number of aromatic nitrogens is 6. The third kappa shape index (κ3) is 5.17. The largest absolute Gasteiger partial charge is 0.382 e. The van der Waals surface area contributed by atoms with Gasteiger partial charge in [0.25, 0.3) is 0 Å². The van der Waals surface area contributed by atoms with Crippen LogP contribution in [0, 0.1) is 11.3 Å². The third-order valence-electron chi connectivity index (χ3n) is 4.92. The number of nitrogens with two attached hydrogens (primary N) is 1. The molecule has 0 radical (unpaired) electrons. The average molecular weight is 442 g/mol. The summed E-state index contributed by atoms with van der Waals surface area (Å²) in [5.74, 6) is 0.109. The van der Waals surface area contributed by atoms with Gasteiger partial charge in [-0.2, -0.15) is 5.26 Å². The van der Waals surface area contributed by atoms with Crippen LogP contribution in [0.2, 0.25) is 0 Å². The number of benzene rings is 1. The van der Waals surface area contributed by atoms with E-state index in [2.05, 4.69) is 31.3 Å². The van der Waals surface area contributed by atoms with Gasteiger partial charge in [0, 0.05) is 19.8 Å². The van der Waals surface area contributed by atoms with Crippen LogP contribution < -0.4 is 5.73 Å². The van der Waals surface area contributed by atoms with Crippen molar-refractivity contribution in [3.8, 4) is 28.7 Å². The minimum absolute atomic E-state index is 0.109. The van der Waals surface area contributed by atoms with E-state index < -0.39 is 0 Å². The number of rotatable bonds is 8. The van der Waals surface area contributed by atoms with Gasteiger partial charge in [-0.05, 0) is 30.3 Å². The van der Waals surface area contributed by atoms with Gasteiger partial charge in [0.1, 0.15) is 11.8 Å². The first-order valence-electron chi connectivity index (χ1n) is 10.1. The first kappa shape index (κ1) is 22.0. The first-order chi connectivity index (χ1) is 16.1. The summed E-state index contributed by atoms with van der Waals surface area (Å²) < 4.78 is 12.3. The monoisotopic (exact) mass is 442 g/mol. The number of anilines is 1. The van der Waals surface area contributed by atoms with Crippen LogP contribution >= 0.6 is 0 Å². The maximum atomic E-state index is 9.16. The van der Waals surface area contributed by atoms with Crippen molar-refractivity contribution < 1.29 is 9.47 Å². The Morgan fingerprint density at radius 2 is 1.85 bits per heavy atom. The summed E-state index contributed by atoms with van der Waals surface area (Å²) in [6, 6.07) is 16.8. The van der Waals surface area contributed by atoms with Gasteiger partial charge in [-0.1, -0.05) is 23.4 Å². The number of hydrogen-bond donors (Lipinski definition) is 1. The summed E-state index contributed by atoms with van der Waals surface area (Å²) in [5, 5.41) is 17.6. The Morgan fingerprint density at radius 3 is 2.64 bits per heavy atom. The van der Waals surface area contributed by atoms with Crippen LogP contribution in [0.3, 0.4) is 0 Å². The van der Waals surface area contributed by atoms with Crippen molar-refractivity contribution in [3.05, 3.63) is 71.7 Å². The number of nitriles is 1. The van der Waals surface area contributed by atoms with Crippen molar-refractivity contribution in [1.29, 1.82) is 5.26 Å². The van der Waals surface area contributed by atoms with Crippen molar-refractivity contribution >= 4 is 5.95 Å². The highest BCUT2D eigenvalue weighted by Crippen LogP contribution is 2.24. The lowest BCUT2D eigenvalue weighted by Crippen LogP contribution is -2.12. The van der Waals surface area contributed by atoms with Crippen molar-refractivity contribution in [2.24, 2.45) is 0 Å². The number of methoxy groups -OCH3 is 2. The number of nitrogen functional groups attached to an aromatic ring is 1. The quantitative estimate of drug-likeness (QED) is 0.436. The number of hydrogen-bond acceptors (Lipinski definition) is 9. The molecule has 0 saturated carbocycles. The third-order valence-corrected chi connectivity index (χ3v) is 4.92. The minimum Gasteiger partial charge on any atom is -0.382 e. The fourth-order valence-corrected chi connectivity index (χ4v) is 3.34. The van der Waals surface area contributed by atoms with Crippen LogP contribution in [0.15, 0.2) is 54.7 Å². The van der Waals surface area contributed by atoms with Crippen molar-refractivity contribution in [1.82, 2.24) is 29.9 Å². The lowest BCUT2D eigenvalue weighted by molar-refractivity contribution is 0.0248. The Balaban J connectivity index is 1.58. The number of nitrogens with zero attached hydrogens (tertiary/aromatic N) is 7. The smallest absolute Gasteiger partial charge is 0.221 e. The molecule has 1 aromatic carbocycles. The zero-order chi connectivity index (χ0) is 23.2. The Bertz CT molecular complexity index is 1300. The van der Waals surface area contributed by atoms with Crippen LogP contribution in [-0.4, -0.2) is 50.8 Å². The predicted molar refractivity (Wildman–Crippen MR) is 121 cm³/mol. The van der Waals surface area contributed by atoms with Crippen molar-refractivity contribution in [2.45, 2.75) is 12.6 Å². The fourth-order valence-electron chi connectivity index (χ4n) is 3.34. The van der Waals surface area contributed by atoms with Gasteiger partial charge < -0.3 is 15.2 Å². The molecule has 10 nitrogen and oxygen atoms in total. The van der Waals surface area contributed by atoms with E-state index in [1.54, 1.807) is 49.4 Å². The summed E-state index contributed by atoms with van der Waals surface area (Å²) in [7, 11) is 3.25. The standard InChI is InChI=1S/C23H22N8O2/c1-32-14-22(33-2)18-8-4-7-17(26-18)12-31-13-21(29-30-31)20-10-19(27-23(25)28-20)16-6-3-5-15(9-16)11-24/h3-10,13,22H,12,14H2,1-2H3,(H2,25,27,28). The Labute approximate surface area is 190 Å². The highest BCUT2D eigenvalue weighted by atomic mass is 16.5. The van der Waals surface area contributed by atoms with Crippen LogP contribution in [0.25, 0.3) is 22.6 Å². The fraction of sp³-hybridized carbons (Fsp3) is 0.217. The zero-order valence-electron chi connectivity index (χ0n) is 18.2. The highest BCUT2D eigenvalue weighted by molar-refractivity contribution is 5.68. The second-order valence-corrected chi connectivity index (χ2v) is 7.22. The van der Waals surface area contributed by atoms with E-state index in [0.717, 1.165) is 17.0 Å². The van der Waals surface area contributed by atoms with Gasteiger partial charge >= 0.3 is 0 Å². The van der Waals surface area contributed by atoms with E-state index in [1.165, 1.54) is 0 Å². The zero-order valence-corrected chi connectivity index (χ0v) is 18.2. The molecule has 2 N–H and O–H groups in total. The van der Waals surface area contributed by atoms with Gasteiger partial charge in [0.05, 0.1) is 53.8 Å². The van der Waals surface area contributed by atoms with E-state index >= 15 is 0 Å². The molecular weight excluding hydrogens is 420 g/mol. The Kier molecular flexibility index (Phi) is 6.64. The predicted octanol–water partition coefficient (Wildman–Crippen LogP) is 2.63. The normalized spacial score (nSPS) is 11.8. The minimum atomic E-state index is -0.247. The second-order valence-electron chi connectivity index (χ2n) is 7.22. The second kappa shape index (κ2) is 9.95. The molecule has 0 aliphatic heterocycles. The van der Waals surface area contributed by atoms with Gasteiger partial charge in [-0.25, -0.2) is 14.6 Å². The molecule has 0 spiro atoms. The van der Waals surface area contributed by atoms with Crippen LogP contribution in [0.5, 0.6) is 0 Å². The van der Waals surface area contributed by atoms with Crippen LogP contribution in [0.1, 0.15) is 23.1 Å². The number of pyridine rings is 1. The molecule has 4 rings (SSSR count). The highest BCUT2D eigenvalue weighted by Gasteiger charge is 2.14. The van der Waals surface area contributed by atoms with Gasteiger partial charge in [0.2, 0.25) is 5.95 Å². The molecule has 1 atom stereocenters. The molecule has 4 aromatic rings. The van der Waals surface area contributed by atoms with Crippen LogP contribution in [-0.2, 0) is 16.0 Å². The summed E-state index contributed by atoms with van der Waals surface area (Å²) in [6.07, 6.45) is 1.53. The molecule has 33 heavy (non-hydrogen) atoms. The summed E-state index contributed by atoms with van der Waals surface area (Å²) >= 11 is 0. The van der Waals surface area contributed by atoms with E-state index in [0.29, 0.717) is 35.8 Å². The SMILES string of the molecule is COCC(OC)c1cccc(Cn2cc(-c3cc(-c4cccc(C#N)c4)nc(N)n3)nn2)n1. The summed E-state index contributed by atoms with van der Waals surface area (Å²) in [5.41, 5.74) is 10.5. The maximum Gasteiger partial charge on any atom is 0.221 e. The van der Waals surface area contributed by atoms with Gasteiger partial charge in [-0.3, -0.25) is 4.98 Å². The molecule has 0 bridgehead atoms. The van der Waals surface area contributed by atoms with E-state index in [-0.39, 0.29) is 12.1 Å². The molecule has 0 aliphatic rings. The van der Waals surface area contributed by atoms with Gasteiger partial charge in [0.15, 0.2) is 0 Å². The van der Waals surface area contributed by atoms with E-state index in [1.807, 2.05) is 24.3 Å². The lowest BCUT2D eigenvalue weighted by atomic mass is 10.1. The van der Waals surface area contributed by atoms with E-state index in [4.69, 9.17) is 20.5 Å². The molecule has 10 heteroatoms. The molecule has 166 valence electrons.